The summed E-state index contributed by atoms with van der Waals surface area (Å²) in [6.45, 7) is 1.64. The molecule has 0 aliphatic carbocycles. The third kappa shape index (κ3) is 4.58. The summed E-state index contributed by atoms with van der Waals surface area (Å²) in [6, 6.07) is 10.9. The van der Waals surface area contributed by atoms with Crippen LogP contribution in [0.25, 0.3) is 6.08 Å². The van der Waals surface area contributed by atoms with Gasteiger partial charge in [-0.05, 0) is 55.5 Å². The maximum atomic E-state index is 14.4. The van der Waals surface area contributed by atoms with Crippen LogP contribution in [0.2, 0.25) is 5.02 Å². The molecule has 4 rings (SSSR count). The van der Waals surface area contributed by atoms with E-state index in [0.717, 1.165) is 18.2 Å². The lowest BCUT2D eigenvalue weighted by Gasteiger charge is -2.24. The number of sulfonamides is 1. The van der Waals surface area contributed by atoms with Gasteiger partial charge in [0.1, 0.15) is 5.82 Å². The van der Waals surface area contributed by atoms with Crippen molar-refractivity contribution in [2.45, 2.75) is 11.8 Å². The minimum atomic E-state index is -4.24. The van der Waals surface area contributed by atoms with Crippen molar-refractivity contribution in [1.82, 2.24) is 4.98 Å². The number of hydrogen-bond acceptors (Lipinski definition) is 7. The Balaban J connectivity index is 1.71. The van der Waals surface area contributed by atoms with Gasteiger partial charge in [-0.15, -0.1) is 5.10 Å². The Kier molecular flexibility index (Phi) is 6.15. The second-order valence-corrected chi connectivity index (χ2v) is 8.84. The fourth-order valence-electron chi connectivity index (χ4n) is 3.09. The van der Waals surface area contributed by atoms with Gasteiger partial charge in [-0.1, -0.05) is 11.6 Å². The Morgan fingerprint density at radius 3 is 2.79 bits per heavy atom. The molecule has 0 spiro atoms. The van der Waals surface area contributed by atoms with E-state index in [1.807, 2.05) is 0 Å². The van der Waals surface area contributed by atoms with Crippen LogP contribution in [-0.2, 0) is 14.8 Å². The molecule has 0 saturated heterocycles. The molecule has 1 aromatic heterocycles. The van der Waals surface area contributed by atoms with Crippen molar-refractivity contribution in [3.8, 4) is 0 Å². The third-order valence-electron chi connectivity index (χ3n) is 4.58. The number of nitrogens with one attached hydrogen (secondary N) is 1. The van der Waals surface area contributed by atoms with E-state index in [0.29, 0.717) is 22.1 Å². The van der Waals surface area contributed by atoms with Crippen molar-refractivity contribution in [3.63, 3.8) is 0 Å². The first-order valence-corrected chi connectivity index (χ1v) is 11.5. The molecule has 33 heavy (non-hydrogen) atoms. The smallest absolute Gasteiger partial charge is 0.341 e. The van der Waals surface area contributed by atoms with Gasteiger partial charge in [0, 0.05) is 23.2 Å². The highest BCUT2D eigenvalue weighted by atomic mass is 35.5. The van der Waals surface area contributed by atoms with Gasteiger partial charge in [0.25, 0.3) is 10.0 Å². The summed E-state index contributed by atoms with van der Waals surface area (Å²) in [4.78, 5) is 15.7. The van der Waals surface area contributed by atoms with Crippen LogP contribution in [0.5, 0.6) is 0 Å². The minimum absolute atomic E-state index is 0.0615. The Labute approximate surface area is 194 Å². The van der Waals surface area contributed by atoms with Crippen molar-refractivity contribution in [2.75, 3.05) is 16.3 Å². The van der Waals surface area contributed by atoms with E-state index in [-0.39, 0.29) is 22.8 Å². The highest BCUT2D eigenvalue weighted by Crippen LogP contribution is 2.38. The molecule has 0 radical (unpaired) electrons. The van der Waals surface area contributed by atoms with E-state index in [1.165, 1.54) is 23.2 Å². The lowest BCUT2D eigenvalue weighted by atomic mass is 10.2. The van der Waals surface area contributed by atoms with E-state index in [4.69, 9.17) is 16.3 Å². The highest BCUT2D eigenvalue weighted by molar-refractivity contribution is 7.92. The number of halogens is 2. The number of hydrazone groups is 1. The van der Waals surface area contributed by atoms with Gasteiger partial charge in [0.15, 0.2) is 0 Å². The van der Waals surface area contributed by atoms with Crippen LogP contribution in [0.15, 0.2) is 64.7 Å². The minimum Gasteiger partial charge on any atom is -0.462 e. The van der Waals surface area contributed by atoms with Gasteiger partial charge in [-0.2, -0.15) is 0 Å². The topological polar surface area (TPSA) is 101 Å². The first kappa shape index (κ1) is 22.5. The van der Waals surface area contributed by atoms with E-state index in [2.05, 4.69) is 20.7 Å². The summed E-state index contributed by atoms with van der Waals surface area (Å²) in [7, 11) is -4.24. The maximum absolute atomic E-state index is 14.4. The molecule has 2 aromatic carbocycles. The van der Waals surface area contributed by atoms with Crippen molar-refractivity contribution in [1.29, 1.82) is 0 Å². The summed E-state index contributed by atoms with van der Waals surface area (Å²) >= 11 is 6.16. The molecule has 3 aromatic rings. The Bertz CT molecular complexity index is 1420. The summed E-state index contributed by atoms with van der Waals surface area (Å²) < 4.78 is 47.7. The molecule has 168 valence electrons. The largest absolute Gasteiger partial charge is 0.462 e. The molecule has 0 bridgehead atoms. The summed E-state index contributed by atoms with van der Waals surface area (Å²) in [5, 5.41) is 5.97. The molecule has 11 heteroatoms. The number of rotatable bonds is 6. The predicted molar refractivity (Wildman–Crippen MR) is 123 cm³/mol. The summed E-state index contributed by atoms with van der Waals surface area (Å²) in [5.74, 6) is 0.820. The Hall–Kier alpha value is -3.72. The van der Waals surface area contributed by atoms with Crippen molar-refractivity contribution in [2.24, 2.45) is 5.10 Å². The number of nitrogens with zero attached hydrogens (tertiary/aromatic N) is 3. The quantitative estimate of drug-likeness (QED) is 0.511. The summed E-state index contributed by atoms with van der Waals surface area (Å²) in [6.07, 6.45) is 3.20. The number of carbonyl (C=O) groups is 1. The number of aromatic nitrogens is 1. The normalized spacial score (nSPS) is 12.4. The van der Waals surface area contributed by atoms with E-state index in [9.17, 15) is 17.6 Å². The number of carbonyl (C=O) groups excluding carboxylic acids is 1. The van der Waals surface area contributed by atoms with Crippen LogP contribution >= 0.6 is 11.6 Å². The average molecular weight is 487 g/mol. The zero-order chi connectivity index (χ0) is 23.6. The molecule has 0 saturated carbocycles. The van der Waals surface area contributed by atoms with E-state index < -0.39 is 21.8 Å². The Morgan fingerprint density at radius 2 is 2.03 bits per heavy atom. The summed E-state index contributed by atoms with van der Waals surface area (Å²) in [5.41, 5.74) is 1.25. The van der Waals surface area contributed by atoms with Gasteiger partial charge in [-0.3, -0.25) is 9.71 Å². The molecule has 8 nitrogen and oxygen atoms in total. The van der Waals surface area contributed by atoms with Crippen LogP contribution in [0.1, 0.15) is 23.0 Å². The molecule has 1 aliphatic rings. The van der Waals surface area contributed by atoms with Crippen LogP contribution in [0, 0.1) is 5.82 Å². The standard InChI is InChI=1S/C22H16ClFN4O4S/c1-2-32-22(29)16-7-6-15(13-17(16)24)33(30,31)27-19-8-5-14(23)12-21(19)28-20-4-3-10-25-18(20)9-11-26-28/h3-10,12-13,27H,2H2,1H3. The van der Waals surface area contributed by atoms with Crippen LogP contribution in [-0.4, -0.2) is 31.8 Å². The van der Waals surface area contributed by atoms with E-state index in [1.54, 1.807) is 31.3 Å². The first-order valence-electron chi connectivity index (χ1n) is 9.63. The van der Waals surface area contributed by atoms with Gasteiger partial charge in [-0.25, -0.2) is 22.6 Å². The molecular weight excluding hydrogens is 471 g/mol. The number of anilines is 3. The van der Waals surface area contributed by atoms with Crippen LogP contribution < -0.4 is 9.73 Å². The zero-order valence-corrected chi connectivity index (χ0v) is 18.7. The van der Waals surface area contributed by atoms with Crippen LogP contribution in [0.4, 0.5) is 21.5 Å². The van der Waals surface area contributed by atoms with Crippen molar-refractivity contribution in [3.05, 3.63) is 76.8 Å². The SMILES string of the molecule is CCOC(=O)c1ccc(S(=O)(=O)Nc2ccc(Cl)cc2N2N=C=Cc3ncccc32)cc1F. The number of esters is 1. The second kappa shape index (κ2) is 9.03. The zero-order valence-electron chi connectivity index (χ0n) is 17.1. The molecule has 1 aliphatic heterocycles. The molecule has 0 fully saturated rings. The van der Waals surface area contributed by atoms with Crippen LogP contribution in [0.3, 0.4) is 0 Å². The van der Waals surface area contributed by atoms with Crippen molar-refractivity contribution < 1.29 is 22.3 Å². The third-order valence-corrected chi connectivity index (χ3v) is 6.18. The van der Waals surface area contributed by atoms with Gasteiger partial charge < -0.3 is 4.74 Å². The van der Waals surface area contributed by atoms with Crippen molar-refractivity contribution >= 4 is 56.6 Å². The number of ether oxygens (including phenoxy) is 1. The second-order valence-electron chi connectivity index (χ2n) is 6.72. The molecular formula is C22H16ClFN4O4S. The van der Waals surface area contributed by atoms with E-state index >= 15 is 0 Å². The maximum Gasteiger partial charge on any atom is 0.341 e. The monoisotopic (exact) mass is 486 g/mol. The number of hydrogen-bond donors (Lipinski definition) is 1. The number of benzene rings is 2. The number of fused-ring (bicyclic) bond motifs is 1. The predicted octanol–water partition coefficient (Wildman–Crippen LogP) is 4.60. The first-order chi connectivity index (χ1) is 15.8. The van der Waals surface area contributed by atoms with Gasteiger partial charge in [0.05, 0.1) is 39.8 Å². The number of pyridine rings is 1. The average Bonchev–Trinajstić information content (AvgIpc) is 2.80. The fraction of sp³-hybridized carbons (Fsp3) is 0.0909. The molecule has 1 N–H and O–H groups in total. The molecule has 2 heterocycles. The highest BCUT2D eigenvalue weighted by Gasteiger charge is 2.24. The molecule has 0 amide bonds. The lowest BCUT2D eigenvalue weighted by molar-refractivity contribution is 0.0521. The van der Waals surface area contributed by atoms with Gasteiger partial charge >= 0.3 is 5.97 Å². The fourth-order valence-corrected chi connectivity index (χ4v) is 4.34. The molecule has 0 unspecified atom stereocenters. The lowest BCUT2D eigenvalue weighted by Crippen LogP contribution is -2.19. The van der Waals surface area contributed by atoms with Gasteiger partial charge in [0.2, 0.25) is 0 Å². The Morgan fingerprint density at radius 1 is 1.21 bits per heavy atom. The molecule has 0 atom stereocenters.